The molecule has 6 aromatic rings. The number of nitrogens with one attached hydrogen (secondary N) is 1. The van der Waals surface area contributed by atoms with Gasteiger partial charge in [0, 0.05) is 18.3 Å². The molecule has 1 aliphatic rings. The van der Waals surface area contributed by atoms with Crippen LogP contribution >= 0.6 is 0 Å². The lowest BCUT2D eigenvalue weighted by Gasteiger charge is -2.35. The van der Waals surface area contributed by atoms with Crippen LogP contribution < -0.4 is 0 Å². The lowest BCUT2D eigenvalue weighted by Crippen LogP contribution is -2.34. The molecule has 0 saturated heterocycles. The molecule has 0 bridgehead atoms. The molecule has 1 aliphatic carbocycles. The number of nitrogens with zero attached hydrogens (tertiary/aromatic N) is 5. The van der Waals surface area contributed by atoms with Gasteiger partial charge in [0.25, 0.3) is 0 Å². The maximum absolute atomic E-state index is 13.6. The quantitative estimate of drug-likeness (QED) is 0.215. The number of hydrogen-bond acceptors (Lipinski definition) is 6. The highest BCUT2D eigenvalue weighted by Gasteiger charge is 2.30. The van der Waals surface area contributed by atoms with E-state index in [0.29, 0.717) is 18.9 Å². The van der Waals surface area contributed by atoms with Crippen LogP contribution in [0.3, 0.4) is 0 Å². The third kappa shape index (κ3) is 5.61. The number of pyridine rings is 1. The number of rotatable bonds is 6. The largest absolute Gasteiger partial charge is 0.443 e. The van der Waals surface area contributed by atoms with Crippen LogP contribution in [-0.4, -0.2) is 41.1 Å². The first-order valence-electron chi connectivity index (χ1n) is 15.2. The van der Waals surface area contributed by atoms with E-state index in [1.165, 1.54) is 5.56 Å². The van der Waals surface area contributed by atoms with Gasteiger partial charge >= 0.3 is 6.09 Å². The summed E-state index contributed by atoms with van der Waals surface area (Å²) in [4.78, 5) is 34.0. The summed E-state index contributed by atoms with van der Waals surface area (Å²) < 4.78 is 7.49. The molecule has 222 valence electrons. The highest BCUT2D eigenvalue weighted by molar-refractivity contribution is 5.87. The minimum absolute atomic E-state index is 0.0851. The van der Waals surface area contributed by atoms with Crippen molar-refractivity contribution in [2.75, 3.05) is 0 Å². The molecule has 1 N–H and O–H groups in total. The molecule has 3 aromatic heterocycles. The Hall–Kier alpha value is -4.82. The van der Waals surface area contributed by atoms with Crippen molar-refractivity contribution in [3.05, 3.63) is 114 Å². The maximum atomic E-state index is 13.6. The van der Waals surface area contributed by atoms with Crippen molar-refractivity contribution in [3.8, 4) is 11.4 Å². The Morgan fingerprint density at radius 1 is 0.932 bits per heavy atom. The number of aromatic amines is 1. The number of H-pyrrole nitrogens is 1. The molecule has 0 radical (unpaired) electrons. The zero-order valence-corrected chi connectivity index (χ0v) is 25.3. The summed E-state index contributed by atoms with van der Waals surface area (Å²) in [6.45, 7) is 6.78. The Morgan fingerprint density at radius 2 is 1.70 bits per heavy atom. The van der Waals surface area contributed by atoms with Gasteiger partial charge in [0.15, 0.2) is 0 Å². The van der Waals surface area contributed by atoms with Gasteiger partial charge in [0.1, 0.15) is 17.2 Å². The fraction of sp³-hybridized carbons (Fsp3) is 0.278. The Kier molecular flexibility index (Phi) is 7.22. The Labute approximate surface area is 256 Å². The van der Waals surface area contributed by atoms with Crippen LogP contribution in [0, 0.1) is 0 Å². The molecule has 0 fully saturated rings. The van der Waals surface area contributed by atoms with Crippen molar-refractivity contribution in [2.24, 2.45) is 0 Å². The molecular formula is C36H36N6O2. The van der Waals surface area contributed by atoms with Crippen molar-refractivity contribution in [2.45, 2.75) is 64.8 Å². The number of aryl methyl sites for hydroxylation is 1. The predicted octanol–water partition coefficient (Wildman–Crippen LogP) is 7.84. The molecular weight excluding hydrogens is 548 g/mol. The van der Waals surface area contributed by atoms with Gasteiger partial charge in [-0.1, -0.05) is 54.6 Å². The summed E-state index contributed by atoms with van der Waals surface area (Å²) in [5.74, 6) is 1.51. The van der Waals surface area contributed by atoms with Crippen molar-refractivity contribution >= 4 is 28.2 Å². The van der Waals surface area contributed by atoms with Crippen LogP contribution in [0.25, 0.3) is 33.5 Å². The lowest BCUT2D eigenvalue weighted by atomic mass is 9.90. The Morgan fingerprint density at radius 3 is 2.50 bits per heavy atom. The molecule has 8 nitrogen and oxygen atoms in total. The zero-order valence-electron chi connectivity index (χ0n) is 25.3. The molecule has 0 spiro atoms. The van der Waals surface area contributed by atoms with Gasteiger partial charge in [0.05, 0.1) is 40.3 Å². The molecule has 3 heterocycles. The number of benzene rings is 3. The molecule has 7 rings (SSSR count). The average molecular weight is 585 g/mol. The van der Waals surface area contributed by atoms with Crippen LogP contribution in [-0.2, 0) is 24.2 Å². The number of hydrogen-bond donors (Lipinski definition) is 1. The summed E-state index contributed by atoms with van der Waals surface area (Å²) in [6, 6.07) is 28.7. The van der Waals surface area contributed by atoms with Crippen molar-refractivity contribution in [3.63, 3.8) is 0 Å². The number of para-hydroxylation sites is 4. The molecule has 1 unspecified atom stereocenters. The molecule has 0 aliphatic heterocycles. The number of aromatic nitrogens is 5. The minimum Gasteiger partial charge on any atom is -0.443 e. The second-order valence-electron chi connectivity index (χ2n) is 12.5. The number of fused-ring (bicyclic) bond motifs is 3. The van der Waals surface area contributed by atoms with Gasteiger partial charge in [0.2, 0.25) is 0 Å². The summed E-state index contributed by atoms with van der Waals surface area (Å²) in [6.07, 6.45) is 4.54. The maximum Gasteiger partial charge on any atom is 0.420 e. The standard InChI is InChI=1S/C36H36N6O2/c1-36(2,3)44-35(43)42-30-15-7-6-14-29(30)38-32(42)23-41(31-16-8-10-25-11-9-21-37-33(25)31)22-24-17-19-26(20-18-24)34-39-27-12-4-5-13-28(27)40-34/h4-7,9,11-15,17-21,31H,8,10,16,22-23H2,1-3H3,(H,39,40). The smallest absolute Gasteiger partial charge is 0.420 e. The van der Waals surface area contributed by atoms with Gasteiger partial charge in [-0.2, -0.15) is 0 Å². The predicted molar refractivity (Wildman–Crippen MR) is 172 cm³/mol. The molecule has 8 heteroatoms. The monoisotopic (exact) mass is 584 g/mol. The van der Waals surface area contributed by atoms with Crippen LogP contribution in [0.1, 0.15) is 62.3 Å². The first-order valence-corrected chi connectivity index (χ1v) is 15.2. The van der Waals surface area contributed by atoms with Crippen LogP contribution in [0.4, 0.5) is 4.79 Å². The van der Waals surface area contributed by atoms with E-state index in [2.05, 4.69) is 40.2 Å². The normalized spacial score (nSPS) is 15.1. The summed E-state index contributed by atoms with van der Waals surface area (Å²) in [7, 11) is 0. The van der Waals surface area contributed by atoms with E-state index in [9.17, 15) is 4.79 Å². The second kappa shape index (κ2) is 11.4. The number of carbonyl (C=O) groups is 1. The SMILES string of the molecule is CC(C)(C)OC(=O)n1c(CN(Cc2ccc(-c3nc4ccccc4[nH]3)cc2)C2CCCc3cccnc32)nc2ccccc21. The molecule has 1 atom stereocenters. The van der Waals surface area contributed by atoms with Gasteiger partial charge in [-0.3, -0.25) is 9.88 Å². The number of carbonyl (C=O) groups excluding carboxylic acids is 1. The topological polar surface area (TPSA) is 88.9 Å². The lowest BCUT2D eigenvalue weighted by molar-refractivity contribution is 0.0530. The van der Waals surface area contributed by atoms with Crippen LogP contribution in [0.15, 0.2) is 91.1 Å². The summed E-state index contributed by atoms with van der Waals surface area (Å²) >= 11 is 0. The Balaban J connectivity index is 1.25. The summed E-state index contributed by atoms with van der Waals surface area (Å²) in [5, 5.41) is 0. The highest BCUT2D eigenvalue weighted by atomic mass is 16.6. The number of imidazole rings is 2. The van der Waals surface area contributed by atoms with E-state index in [0.717, 1.165) is 64.0 Å². The van der Waals surface area contributed by atoms with Gasteiger partial charge in [-0.15, -0.1) is 0 Å². The first kappa shape index (κ1) is 28.0. The van der Waals surface area contributed by atoms with E-state index in [1.807, 2.05) is 81.6 Å². The van der Waals surface area contributed by atoms with E-state index in [-0.39, 0.29) is 6.04 Å². The highest BCUT2D eigenvalue weighted by Crippen LogP contribution is 2.35. The van der Waals surface area contributed by atoms with Gasteiger partial charge in [-0.25, -0.2) is 19.3 Å². The van der Waals surface area contributed by atoms with Crippen molar-refractivity contribution < 1.29 is 9.53 Å². The minimum atomic E-state index is -0.632. The fourth-order valence-electron chi connectivity index (χ4n) is 6.18. The van der Waals surface area contributed by atoms with E-state index < -0.39 is 11.7 Å². The van der Waals surface area contributed by atoms with Gasteiger partial charge < -0.3 is 9.72 Å². The second-order valence-corrected chi connectivity index (χ2v) is 12.5. The van der Waals surface area contributed by atoms with Gasteiger partial charge in [-0.05, 0) is 81.5 Å². The zero-order chi connectivity index (χ0) is 30.3. The van der Waals surface area contributed by atoms with Crippen molar-refractivity contribution in [1.82, 2.24) is 29.4 Å². The molecule has 0 saturated carbocycles. The first-order chi connectivity index (χ1) is 21.3. The molecule has 0 amide bonds. The molecule has 3 aromatic carbocycles. The van der Waals surface area contributed by atoms with Crippen molar-refractivity contribution in [1.29, 1.82) is 0 Å². The fourth-order valence-corrected chi connectivity index (χ4v) is 6.18. The van der Waals surface area contributed by atoms with Crippen LogP contribution in [0.5, 0.6) is 0 Å². The Bertz CT molecular complexity index is 1920. The van der Waals surface area contributed by atoms with E-state index in [4.69, 9.17) is 19.7 Å². The third-order valence-corrected chi connectivity index (χ3v) is 8.16. The molecule has 44 heavy (non-hydrogen) atoms. The third-order valence-electron chi connectivity index (χ3n) is 8.16. The summed E-state index contributed by atoms with van der Waals surface area (Å²) in [5.41, 5.74) is 7.45. The number of ether oxygens (including phenoxy) is 1. The van der Waals surface area contributed by atoms with E-state index in [1.54, 1.807) is 4.57 Å². The van der Waals surface area contributed by atoms with Crippen LogP contribution in [0.2, 0.25) is 0 Å². The van der Waals surface area contributed by atoms with E-state index >= 15 is 0 Å². The average Bonchev–Trinajstić information content (AvgIpc) is 3.61.